The molecular weight excluding hydrogens is 226 g/mol. The topological polar surface area (TPSA) is 54.0 Å². The number of pyridine rings is 1. The number of carbonyl (C=O) groups is 1. The molecule has 18 heavy (non-hydrogen) atoms. The summed E-state index contributed by atoms with van der Waals surface area (Å²) in [4.78, 5) is 15.9. The van der Waals surface area contributed by atoms with Crippen LogP contribution in [0, 0.1) is 0 Å². The first-order chi connectivity index (χ1) is 8.79. The Morgan fingerprint density at radius 1 is 1.44 bits per heavy atom. The van der Waals surface area contributed by atoms with E-state index in [-0.39, 0.29) is 5.91 Å². The van der Waals surface area contributed by atoms with Gasteiger partial charge in [-0.3, -0.25) is 4.79 Å². The minimum Gasteiger partial charge on any atom is -0.367 e. The number of hydrogen-bond donors (Lipinski definition) is 2. The Balaban J connectivity index is 1.92. The lowest BCUT2D eigenvalue weighted by molar-refractivity contribution is 0.0957. The van der Waals surface area contributed by atoms with Gasteiger partial charge in [0.25, 0.3) is 5.91 Å². The Bertz CT molecular complexity index is 443. The number of aromatic nitrogens is 1. The molecule has 0 fully saturated rings. The maximum Gasteiger partial charge on any atom is 0.253 e. The third kappa shape index (κ3) is 3.20. The van der Waals surface area contributed by atoms with Crippen molar-refractivity contribution in [3.05, 3.63) is 48.7 Å². The van der Waals surface area contributed by atoms with Gasteiger partial charge in [0.2, 0.25) is 0 Å². The molecule has 1 amide bonds. The lowest BCUT2D eigenvalue weighted by Gasteiger charge is -2.12. The van der Waals surface area contributed by atoms with Crippen molar-refractivity contribution < 1.29 is 4.79 Å². The molecule has 2 rings (SSSR count). The van der Waals surface area contributed by atoms with Gasteiger partial charge in [0, 0.05) is 18.8 Å². The fourth-order valence-corrected chi connectivity index (χ4v) is 1.82. The van der Waals surface area contributed by atoms with Crippen molar-refractivity contribution >= 4 is 11.7 Å². The Morgan fingerprint density at radius 3 is 2.83 bits per heavy atom. The number of anilines is 1. The fraction of sp³-hybridized carbons (Fsp3) is 0.286. The van der Waals surface area contributed by atoms with Crippen LogP contribution in [-0.4, -0.2) is 23.5 Å². The van der Waals surface area contributed by atoms with Gasteiger partial charge in [0.05, 0.1) is 5.56 Å². The first kappa shape index (κ1) is 12.4. The molecule has 0 saturated carbocycles. The normalized spacial score (nSPS) is 14.4. The first-order valence-corrected chi connectivity index (χ1v) is 6.06. The summed E-state index contributed by atoms with van der Waals surface area (Å²) in [6.45, 7) is 4.02. The van der Waals surface area contributed by atoms with Gasteiger partial charge in [-0.15, -0.1) is 6.58 Å². The minimum atomic E-state index is -0.128. The van der Waals surface area contributed by atoms with Crippen molar-refractivity contribution in [3.63, 3.8) is 0 Å². The molecule has 0 aliphatic heterocycles. The van der Waals surface area contributed by atoms with E-state index in [1.165, 1.54) is 0 Å². The minimum absolute atomic E-state index is 0.128. The molecule has 1 aliphatic rings. The summed E-state index contributed by atoms with van der Waals surface area (Å²) in [6.07, 6.45) is 9.62. The summed E-state index contributed by atoms with van der Waals surface area (Å²) in [6, 6.07) is 4.04. The van der Waals surface area contributed by atoms with Crippen LogP contribution < -0.4 is 10.6 Å². The smallest absolute Gasteiger partial charge is 0.253 e. The molecule has 0 unspecified atom stereocenters. The van der Waals surface area contributed by atoms with E-state index >= 15 is 0 Å². The van der Waals surface area contributed by atoms with Crippen molar-refractivity contribution in [2.45, 2.75) is 18.9 Å². The highest BCUT2D eigenvalue weighted by atomic mass is 16.1. The largest absolute Gasteiger partial charge is 0.367 e. The molecule has 0 saturated heterocycles. The summed E-state index contributed by atoms with van der Waals surface area (Å²) >= 11 is 0. The average molecular weight is 243 g/mol. The summed E-state index contributed by atoms with van der Waals surface area (Å²) < 4.78 is 0. The maximum absolute atomic E-state index is 11.6. The molecule has 0 atom stereocenters. The average Bonchev–Trinajstić information content (AvgIpc) is 2.89. The zero-order chi connectivity index (χ0) is 12.8. The Morgan fingerprint density at radius 2 is 2.22 bits per heavy atom. The van der Waals surface area contributed by atoms with E-state index in [0.29, 0.717) is 18.2 Å². The molecule has 1 heterocycles. The van der Waals surface area contributed by atoms with Crippen molar-refractivity contribution in [2.24, 2.45) is 0 Å². The maximum atomic E-state index is 11.6. The van der Waals surface area contributed by atoms with Gasteiger partial charge < -0.3 is 10.6 Å². The van der Waals surface area contributed by atoms with Crippen LogP contribution in [0.4, 0.5) is 5.82 Å². The van der Waals surface area contributed by atoms with Crippen molar-refractivity contribution in [3.8, 4) is 0 Å². The second-order valence-electron chi connectivity index (χ2n) is 4.21. The van der Waals surface area contributed by atoms with Crippen molar-refractivity contribution in [2.75, 3.05) is 11.9 Å². The van der Waals surface area contributed by atoms with Crippen LogP contribution in [0.5, 0.6) is 0 Å². The van der Waals surface area contributed by atoms with Crippen LogP contribution in [0.3, 0.4) is 0 Å². The molecule has 94 valence electrons. The highest BCUT2D eigenvalue weighted by Crippen LogP contribution is 2.15. The zero-order valence-corrected chi connectivity index (χ0v) is 10.2. The predicted molar refractivity (Wildman–Crippen MR) is 72.6 cm³/mol. The van der Waals surface area contributed by atoms with Crippen LogP contribution in [0.15, 0.2) is 43.1 Å². The van der Waals surface area contributed by atoms with Crippen LogP contribution in [0.1, 0.15) is 23.2 Å². The molecule has 0 aromatic carbocycles. The Kier molecular flexibility index (Phi) is 4.12. The predicted octanol–water partition coefficient (Wildman–Crippen LogP) is 2.13. The molecule has 4 heteroatoms. The van der Waals surface area contributed by atoms with Crippen LogP contribution in [0.2, 0.25) is 0 Å². The highest BCUT2D eigenvalue weighted by molar-refractivity contribution is 5.94. The summed E-state index contributed by atoms with van der Waals surface area (Å²) in [5, 5.41) is 6.04. The number of rotatable bonds is 5. The monoisotopic (exact) mass is 243 g/mol. The van der Waals surface area contributed by atoms with Crippen LogP contribution >= 0.6 is 0 Å². The fourth-order valence-electron chi connectivity index (χ4n) is 1.82. The van der Waals surface area contributed by atoms with Gasteiger partial charge >= 0.3 is 0 Å². The van der Waals surface area contributed by atoms with E-state index in [1.807, 2.05) is 6.07 Å². The summed E-state index contributed by atoms with van der Waals surface area (Å²) in [7, 11) is 0. The second kappa shape index (κ2) is 6.00. The van der Waals surface area contributed by atoms with E-state index in [9.17, 15) is 4.79 Å². The van der Waals surface area contributed by atoms with Gasteiger partial charge in [-0.05, 0) is 25.0 Å². The second-order valence-corrected chi connectivity index (χ2v) is 4.21. The van der Waals surface area contributed by atoms with E-state index in [2.05, 4.69) is 34.3 Å². The lowest BCUT2D eigenvalue weighted by atomic mass is 10.2. The standard InChI is InChI=1S/C14H17N3O/c1-2-9-15-14(18)11-7-8-13(16-10-11)17-12-5-3-4-6-12/h2-4,7-8,10,12H,1,5-6,9H2,(H,15,18)(H,16,17). The van der Waals surface area contributed by atoms with Gasteiger partial charge in [-0.25, -0.2) is 4.98 Å². The molecule has 1 aromatic rings. The van der Waals surface area contributed by atoms with Crippen LogP contribution in [0.25, 0.3) is 0 Å². The third-order valence-electron chi connectivity index (χ3n) is 2.79. The molecular formula is C14H17N3O. The van der Waals surface area contributed by atoms with Crippen molar-refractivity contribution in [1.29, 1.82) is 0 Å². The highest BCUT2D eigenvalue weighted by Gasteiger charge is 2.10. The van der Waals surface area contributed by atoms with Crippen LogP contribution in [-0.2, 0) is 0 Å². The number of nitrogens with zero attached hydrogens (tertiary/aromatic N) is 1. The number of carbonyl (C=O) groups excluding carboxylic acids is 1. The van der Waals surface area contributed by atoms with E-state index in [0.717, 1.165) is 18.7 Å². The van der Waals surface area contributed by atoms with Gasteiger partial charge in [0.15, 0.2) is 0 Å². The molecule has 1 aliphatic carbocycles. The summed E-state index contributed by atoms with van der Waals surface area (Å²) in [5.41, 5.74) is 0.562. The van der Waals surface area contributed by atoms with E-state index in [1.54, 1.807) is 18.3 Å². The number of amides is 1. The summed E-state index contributed by atoms with van der Waals surface area (Å²) in [5.74, 6) is 0.681. The number of hydrogen-bond acceptors (Lipinski definition) is 3. The van der Waals surface area contributed by atoms with Crippen molar-refractivity contribution in [1.82, 2.24) is 10.3 Å². The Hall–Kier alpha value is -2.10. The molecule has 0 bridgehead atoms. The number of nitrogens with one attached hydrogen (secondary N) is 2. The lowest BCUT2D eigenvalue weighted by Crippen LogP contribution is -2.23. The molecule has 2 N–H and O–H groups in total. The van der Waals surface area contributed by atoms with Gasteiger partial charge in [0.1, 0.15) is 5.82 Å². The Labute approximate surface area is 107 Å². The van der Waals surface area contributed by atoms with Gasteiger partial charge in [-0.2, -0.15) is 0 Å². The van der Waals surface area contributed by atoms with Gasteiger partial charge in [-0.1, -0.05) is 18.2 Å². The SMILES string of the molecule is C=CCNC(=O)c1ccc(NC2CC=CC2)nc1. The third-order valence-corrected chi connectivity index (χ3v) is 2.79. The van der Waals surface area contributed by atoms with E-state index in [4.69, 9.17) is 0 Å². The molecule has 4 nitrogen and oxygen atoms in total. The van der Waals surface area contributed by atoms with E-state index < -0.39 is 0 Å². The molecule has 0 spiro atoms. The first-order valence-electron chi connectivity index (χ1n) is 6.06. The molecule has 0 radical (unpaired) electrons. The zero-order valence-electron chi connectivity index (χ0n) is 10.2. The molecule has 1 aromatic heterocycles. The quantitative estimate of drug-likeness (QED) is 0.779.